The molecule has 4 rings (SSSR count). The van der Waals surface area contributed by atoms with E-state index in [1.165, 1.54) is 41.3 Å². The van der Waals surface area contributed by atoms with Crippen LogP contribution in [0, 0.1) is 11.6 Å². The first-order valence-electron chi connectivity index (χ1n) is 9.38. The maximum Gasteiger partial charge on any atom is 0.283 e. The molecular weight excluding hydrogens is 418 g/mol. The SMILES string of the molecule is O=C(CSC1=N/C(=C/c2ccc(F)cc2)C(=O)N1c1ccccc1)c1ccc(F)cc1. The number of amidine groups is 1. The minimum atomic E-state index is -0.416. The molecule has 0 atom stereocenters. The van der Waals surface area contributed by atoms with Crippen LogP contribution in [0.3, 0.4) is 0 Å². The minimum Gasteiger partial charge on any atom is -0.293 e. The van der Waals surface area contributed by atoms with E-state index < -0.39 is 5.82 Å². The van der Waals surface area contributed by atoms with Crippen molar-refractivity contribution >= 4 is 40.4 Å². The van der Waals surface area contributed by atoms with Crippen molar-refractivity contribution in [1.82, 2.24) is 0 Å². The van der Waals surface area contributed by atoms with Gasteiger partial charge in [-0.3, -0.25) is 14.5 Å². The molecule has 0 unspecified atom stereocenters. The lowest BCUT2D eigenvalue weighted by molar-refractivity contribution is -0.113. The van der Waals surface area contributed by atoms with Crippen molar-refractivity contribution in [2.24, 2.45) is 4.99 Å². The number of hydrogen-bond donors (Lipinski definition) is 0. The maximum atomic E-state index is 13.2. The molecule has 1 aliphatic rings. The number of halogens is 2. The molecule has 1 aliphatic heterocycles. The van der Waals surface area contributed by atoms with Gasteiger partial charge in [-0.2, -0.15) is 0 Å². The van der Waals surface area contributed by atoms with Crippen LogP contribution < -0.4 is 4.90 Å². The first-order valence-corrected chi connectivity index (χ1v) is 10.4. The largest absolute Gasteiger partial charge is 0.293 e. The summed E-state index contributed by atoms with van der Waals surface area (Å²) in [7, 11) is 0. The van der Waals surface area contributed by atoms with Crippen molar-refractivity contribution in [2.45, 2.75) is 0 Å². The average molecular weight is 434 g/mol. The van der Waals surface area contributed by atoms with Gasteiger partial charge in [0.1, 0.15) is 17.3 Å². The molecule has 0 bridgehead atoms. The molecular formula is C24H16F2N2O2S. The number of thioether (sulfide) groups is 1. The van der Waals surface area contributed by atoms with Crippen molar-refractivity contribution in [1.29, 1.82) is 0 Å². The number of amides is 1. The standard InChI is InChI=1S/C24H16F2N2O2S/c25-18-10-6-16(7-11-18)14-21-23(30)28(20-4-2-1-3-5-20)24(27-21)31-15-22(29)17-8-12-19(26)13-9-17/h1-14H,15H2/b21-14+. The molecule has 0 saturated heterocycles. The van der Waals surface area contributed by atoms with E-state index in [1.807, 2.05) is 6.07 Å². The number of para-hydroxylation sites is 1. The van der Waals surface area contributed by atoms with Crippen LogP contribution in [0.25, 0.3) is 6.08 Å². The van der Waals surface area contributed by atoms with E-state index in [9.17, 15) is 18.4 Å². The number of Topliss-reactive ketones (excluding diaryl/α,β-unsaturated/α-hetero) is 1. The Hall–Kier alpha value is -3.58. The number of benzene rings is 3. The predicted octanol–water partition coefficient (Wildman–Crippen LogP) is 5.32. The second-order valence-corrected chi connectivity index (χ2v) is 7.61. The van der Waals surface area contributed by atoms with Crippen LogP contribution in [0.5, 0.6) is 0 Å². The van der Waals surface area contributed by atoms with Gasteiger partial charge in [0.25, 0.3) is 5.91 Å². The quantitative estimate of drug-likeness (QED) is 0.403. The first-order chi connectivity index (χ1) is 15.0. The van der Waals surface area contributed by atoms with E-state index in [0.717, 1.165) is 11.8 Å². The lowest BCUT2D eigenvalue weighted by Gasteiger charge is -2.17. The van der Waals surface area contributed by atoms with Crippen molar-refractivity contribution < 1.29 is 18.4 Å². The molecule has 7 heteroatoms. The van der Waals surface area contributed by atoms with E-state index in [2.05, 4.69) is 4.99 Å². The fraction of sp³-hybridized carbons (Fsp3) is 0.0417. The molecule has 4 nitrogen and oxygen atoms in total. The molecule has 154 valence electrons. The van der Waals surface area contributed by atoms with Gasteiger partial charge in [0.2, 0.25) is 0 Å². The number of anilines is 1. The van der Waals surface area contributed by atoms with E-state index in [-0.39, 0.29) is 29.0 Å². The van der Waals surface area contributed by atoms with Crippen molar-refractivity contribution in [3.05, 3.63) is 107 Å². The van der Waals surface area contributed by atoms with Gasteiger partial charge in [-0.25, -0.2) is 13.8 Å². The zero-order valence-electron chi connectivity index (χ0n) is 16.2. The summed E-state index contributed by atoms with van der Waals surface area (Å²) in [5, 5.41) is 0.361. The monoisotopic (exact) mass is 434 g/mol. The summed E-state index contributed by atoms with van der Waals surface area (Å²) in [6.07, 6.45) is 1.58. The number of aliphatic imine (C=N–C) groups is 1. The van der Waals surface area contributed by atoms with Gasteiger partial charge < -0.3 is 0 Å². The van der Waals surface area contributed by atoms with Crippen LogP contribution in [0.4, 0.5) is 14.5 Å². The number of rotatable bonds is 5. The number of carbonyl (C=O) groups is 2. The topological polar surface area (TPSA) is 49.7 Å². The molecule has 0 fully saturated rings. The van der Waals surface area contributed by atoms with Crippen LogP contribution in [-0.2, 0) is 4.79 Å². The summed E-state index contributed by atoms with van der Waals surface area (Å²) in [5.41, 5.74) is 1.82. The number of hydrogen-bond acceptors (Lipinski definition) is 4. The van der Waals surface area contributed by atoms with Crippen LogP contribution in [0.2, 0.25) is 0 Å². The number of carbonyl (C=O) groups excluding carboxylic acids is 2. The Balaban J connectivity index is 1.61. The summed E-state index contributed by atoms with van der Waals surface area (Å²) in [6.45, 7) is 0. The lowest BCUT2D eigenvalue weighted by atomic mass is 10.1. The van der Waals surface area contributed by atoms with Crippen molar-refractivity contribution in [3.63, 3.8) is 0 Å². The van der Waals surface area contributed by atoms with Gasteiger partial charge in [-0.05, 0) is 60.2 Å². The molecule has 0 radical (unpaired) electrons. The van der Waals surface area contributed by atoms with E-state index >= 15 is 0 Å². The second kappa shape index (κ2) is 9.06. The Morgan fingerprint density at radius 2 is 1.52 bits per heavy atom. The zero-order valence-corrected chi connectivity index (χ0v) is 17.0. The fourth-order valence-electron chi connectivity index (χ4n) is 2.96. The zero-order chi connectivity index (χ0) is 21.8. The predicted molar refractivity (Wildman–Crippen MR) is 119 cm³/mol. The van der Waals surface area contributed by atoms with Crippen LogP contribution in [0.1, 0.15) is 15.9 Å². The molecule has 0 aliphatic carbocycles. The minimum absolute atomic E-state index is 0.0326. The third-order valence-corrected chi connectivity index (χ3v) is 5.45. The number of ketones is 1. The Morgan fingerprint density at radius 1 is 0.903 bits per heavy atom. The highest BCUT2D eigenvalue weighted by Gasteiger charge is 2.32. The number of nitrogens with zero attached hydrogens (tertiary/aromatic N) is 2. The van der Waals surface area contributed by atoms with Gasteiger partial charge in [-0.1, -0.05) is 42.1 Å². The molecule has 0 saturated carbocycles. The second-order valence-electron chi connectivity index (χ2n) is 6.67. The van der Waals surface area contributed by atoms with Gasteiger partial charge >= 0.3 is 0 Å². The summed E-state index contributed by atoms with van der Waals surface area (Å²) in [5.74, 6) is -1.30. The Bertz CT molecular complexity index is 1170. The van der Waals surface area contributed by atoms with Gasteiger partial charge in [0, 0.05) is 5.56 Å². The Labute approximate surface area is 181 Å². The summed E-state index contributed by atoms with van der Waals surface area (Å²) in [6, 6.07) is 20.0. The highest BCUT2D eigenvalue weighted by atomic mass is 32.2. The fourth-order valence-corrected chi connectivity index (χ4v) is 3.87. The van der Waals surface area contributed by atoms with Crippen molar-refractivity contribution in [2.75, 3.05) is 10.7 Å². The summed E-state index contributed by atoms with van der Waals surface area (Å²) in [4.78, 5) is 31.4. The summed E-state index contributed by atoms with van der Waals surface area (Å²) >= 11 is 1.13. The molecule has 1 amide bonds. The third-order valence-electron chi connectivity index (χ3n) is 4.52. The summed E-state index contributed by atoms with van der Waals surface area (Å²) < 4.78 is 26.3. The van der Waals surface area contributed by atoms with E-state index in [4.69, 9.17) is 0 Å². The smallest absolute Gasteiger partial charge is 0.283 e. The molecule has 31 heavy (non-hydrogen) atoms. The first kappa shape index (κ1) is 20.7. The van der Waals surface area contributed by atoms with Crippen molar-refractivity contribution in [3.8, 4) is 0 Å². The molecule has 3 aromatic rings. The van der Waals surface area contributed by atoms with Crippen LogP contribution in [-0.4, -0.2) is 22.6 Å². The van der Waals surface area contributed by atoms with Crippen LogP contribution >= 0.6 is 11.8 Å². The third kappa shape index (κ3) is 4.78. The van der Waals surface area contributed by atoms with Gasteiger partial charge in [0.05, 0.1) is 11.4 Å². The molecule has 3 aromatic carbocycles. The van der Waals surface area contributed by atoms with E-state index in [1.54, 1.807) is 42.5 Å². The van der Waals surface area contributed by atoms with E-state index in [0.29, 0.717) is 22.0 Å². The van der Waals surface area contributed by atoms with Gasteiger partial charge in [-0.15, -0.1) is 0 Å². The average Bonchev–Trinajstić information content (AvgIpc) is 3.09. The highest BCUT2D eigenvalue weighted by Crippen LogP contribution is 2.29. The molecule has 0 aromatic heterocycles. The molecule has 0 N–H and O–H groups in total. The van der Waals surface area contributed by atoms with Gasteiger partial charge in [0.15, 0.2) is 11.0 Å². The molecule has 0 spiro atoms. The Morgan fingerprint density at radius 3 is 2.16 bits per heavy atom. The Kier molecular flexibility index (Phi) is 6.04. The lowest BCUT2D eigenvalue weighted by Crippen LogP contribution is -2.30. The maximum absolute atomic E-state index is 13.2. The van der Waals surface area contributed by atoms with Crippen LogP contribution in [0.15, 0.2) is 89.6 Å². The highest BCUT2D eigenvalue weighted by molar-refractivity contribution is 8.14. The molecule has 1 heterocycles. The normalized spacial score (nSPS) is 14.8.